The molecule has 5 nitrogen and oxygen atoms in total. The minimum atomic E-state index is 0.166. The Bertz CT molecular complexity index is 1210. The van der Waals surface area contributed by atoms with Gasteiger partial charge in [0, 0.05) is 34.7 Å². The summed E-state index contributed by atoms with van der Waals surface area (Å²) in [5.74, 6) is 0.526. The van der Waals surface area contributed by atoms with Crippen molar-refractivity contribution in [3.63, 3.8) is 0 Å². The Morgan fingerprint density at radius 3 is 3.10 bits per heavy atom. The number of hydrogen-bond acceptors (Lipinski definition) is 7. The molecule has 1 N–H and O–H groups in total. The molecule has 7 heteroatoms. The molecule has 2 fully saturated rings. The second-order valence-electron chi connectivity index (χ2n) is 8.21. The van der Waals surface area contributed by atoms with Gasteiger partial charge in [-0.1, -0.05) is 6.92 Å². The molecule has 0 saturated carbocycles. The van der Waals surface area contributed by atoms with Crippen molar-refractivity contribution in [3.05, 3.63) is 46.9 Å². The monoisotopic (exact) mass is 436 g/mol. The molecule has 2 unspecified atom stereocenters. The first-order valence-electron chi connectivity index (χ1n) is 10.6. The van der Waals surface area contributed by atoms with E-state index in [2.05, 4.69) is 52.5 Å². The molecule has 6 rings (SSSR count). The zero-order chi connectivity index (χ0) is 20.1. The van der Waals surface area contributed by atoms with Gasteiger partial charge in [0.15, 0.2) is 0 Å². The van der Waals surface area contributed by atoms with Crippen LogP contribution in [0.4, 0.5) is 11.4 Å². The third kappa shape index (κ3) is 2.87. The summed E-state index contributed by atoms with van der Waals surface area (Å²) in [4.78, 5) is 14.3. The van der Waals surface area contributed by atoms with Crippen molar-refractivity contribution in [2.24, 2.45) is 0 Å². The van der Waals surface area contributed by atoms with Crippen LogP contribution in [0.2, 0.25) is 0 Å². The van der Waals surface area contributed by atoms with E-state index in [1.165, 1.54) is 21.4 Å². The van der Waals surface area contributed by atoms with Crippen LogP contribution in [0.15, 0.2) is 42.0 Å². The number of nitrogens with zero attached hydrogens (tertiary/aromatic N) is 3. The van der Waals surface area contributed by atoms with Crippen LogP contribution in [0, 0.1) is 0 Å². The maximum Gasteiger partial charge on any atom is 0.125 e. The van der Waals surface area contributed by atoms with Gasteiger partial charge in [-0.3, -0.25) is 4.90 Å². The van der Waals surface area contributed by atoms with Gasteiger partial charge in [0.1, 0.15) is 4.83 Å². The maximum absolute atomic E-state index is 5.90. The number of rotatable bonds is 4. The summed E-state index contributed by atoms with van der Waals surface area (Å²) < 4.78 is 7.11. The Morgan fingerprint density at radius 2 is 2.23 bits per heavy atom. The fourth-order valence-corrected chi connectivity index (χ4v) is 7.23. The number of thiazole rings is 1. The van der Waals surface area contributed by atoms with Crippen LogP contribution in [0.5, 0.6) is 0 Å². The number of benzene rings is 1. The number of hydrogen-bond donors (Lipinski definition) is 1. The number of ether oxygens (including phenoxy) is 1. The van der Waals surface area contributed by atoms with Gasteiger partial charge in [-0.25, -0.2) is 9.97 Å². The van der Waals surface area contributed by atoms with E-state index < -0.39 is 0 Å². The number of likely N-dealkylation sites (tertiary alicyclic amines) is 1. The van der Waals surface area contributed by atoms with Gasteiger partial charge in [0.2, 0.25) is 0 Å². The molecule has 2 aliphatic heterocycles. The third-order valence-electron chi connectivity index (χ3n) is 6.79. The van der Waals surface area contributed by atoms with Crippen molar-refractivity contribution in [1.82, 2.24) is 14.9 Å². The summed E-state index contributed by atoms with van der Waals surface area (Å²) in [5.41, 5.74) is 5.27. The first kappa shape index (κ1) is 18.7. The van der Waals surface area contributed by atoms with E-state index in [1.807, 2.05) is 23.0 Å². The molecule has 1 spiro atoms. The lowest BCUT2D eigenvalue weighted by molar-refractivity contribution is 0.0963. The fourth-order valence-electron chi connectivity index (χ4n) is 5.30. The number of anilines is 2. The van der Waals surface area contributed by atoms with Gasteiger partial charge in [-0.05, 0) is 56.3 Å². The molecule has 0 aliphatic carbocycles. The highest BCUT2D eigenvalue weighted by molar-refractivity contribution is 7.18. The summed E-state index contributed by atoms with van der Waals surface area (Å²) in [6.45, 7) is 6.25. The van der Waals surface area contributed by atoms with Crippen molar-refractivity contribution in [2.45, 2.75) is 31.2 Å². The Kier molecular flexibility index (Phi) is 4.53. The minimum Gasteiger partial charge on any atom is -0.379 e. The van der Waals surface area contributed by atoms with Gasteiger partial charge in [0.05, 0.1) is 33.6 Å². The molecular weight excluding hydrogens is 412 g/mol. The molecule has 4 aromatic rings. The smallest absolute Gasteiger partial charge is 0.125 e. The molecule has 2 aliphatic rings. The van der Waals surface area contributed by atoms with Crippen LogP contribution in [-0.4, -0.2) is 46.7 Å². The predicted molar refractivity (Wildman–Crippen MR) is 125 cm³/mol. The lowest BCUT2D eigenvalue weighted by atomic mass is 9.82. The number of nitrogens with one attached hydrogen (secondary N) is 1. The van der Waals surface area contributed by atoms with Crippen molar-refractivity contribution in [1.29, 1.82) is 0 Å². The summed E-state index contributed by atoms with van der Waals surface area (Å²) in [6.07, 6.45) is 4.24. The zero-order valence-electron chi connectivity index (χ0n) is 16.9. The highest BCUT2D eigenvalue weighted by Crippen LogP contribution is 2.49. The van der Waals surface area contributed by atoms with Gasteiger partial charge in [-0.15, -0.1) is 22.7 Å². The van der Waals surface area contributed by atoms with Crippen LogP contribution in [0.25, 0.3) is 20.4 Å². The Hall–Kier alpha value is -2.06. The molecule has 154 valence electrons. The zero-order valence-corrected chi connectivity index (χ0v) is 18.6. The van der Waals surface area contributed by atoms with Crippen LogP contribution in [0.1, 0.15) is 30.6 Å². The molecule has 0 bridgehead atoms. The average Bonchev–Trinajstić information content (AvgIpc) is 3.55. The average molecular weight is 437 g/mol. The van der Waals surface area contributed by atoms with E-state index in [-0.39, 0.29) is 5.54 Å². The quantitative estimate of drug-likeness (QED) is 0.450. The number of likely N-dealkylation sites (N-methyl/N-ethyl adjacent to an activating group) is 1. The molecule has 2 saturated heterocycles. The fraction of sp³-hybridized carbons (Fsp3) is 0.391. The third-order valence-corrected chi connectivity index (χ3v) is 8.75. The Morgan fingerprint density at radius 1 is 1.27 bits per heavy atom. The molecule has 5 heterocycles. The second-order valence-corrected chi connectivity index (χ2v) is 10.2. The Balaban J connectivity index is 1.37. The van der Waals surface area contributed by atoms with E-state index in [0.717, 1.165) is 54.4 Å². The number of pyridine rings is 1. The number of thiophene rings is 1. The summed E-state index contributed by atoms with van der Waals surface area (Å²) >= 11 is 3.52. The molecule has 0 amide bonds. The van der Waals surface area contributed by atoms with E-state index in [4.69, 9.17) is 9.72 Å². The molecule has 3 aromatic heterocycles. The van der Waals surface area contributed by atoms with Gasteiger partial charge in [0.25, 0.3) is 0 Å². The molecule has 0 radical (unpaired) electrons. The van der Waals surface area contributed by atoms with Gasteiger partial charge >= 0.3 is 0 Å². The normalized spacial score (nSPS) is 24.5. The highest BCUT2D eigenvalue weighted by atomic mass is 32.1. The largest absolute Gasteiger partial charge is 0.379 e. The Labute approximate surface area is 183 Å². The summed E-state index contributed by atoms with van der Waals surface area (Å²) in [7, 11) is 0. The van der Waals surface area contributed by atoms with E-state index in [0.29, 0.717) is 5.92 Å². The standard InChI is InChI=1S/C23H24N4OS2/c1-2-27-9-6-17(23(27)7-10-28-13-23)21-12-16-18(5-8-24-22(16)30-21)26-15-3-4-20-19(11-15)25-14-29-20/h3-5,8,11-12,14,17H,2,6-7,9-10,13H2,1H3,(H,24,26). The molecule has 2 atom stereocenters. The van der Waals surface area contributed by atoms with Crippen LogP contribution < -0.4 is 5.32 Å². The SMILES string of the molecule is CCN1CCC(c2cc3c(Nc4ccc5scnc5c4)ccnc3s2)C12CCOC2. The summed E-state index contributed by atoms with van der Waals surface area (Å²) in [6, 6.07) is 10.8. The van der Waals surface area contributed by atoms with Crippen LogP contribution >= 0.6 is 22.7 Å². The molecule has 1 aromatic carbocycles. The van der Waals surface area contributed by atoms with Crippen molar-refractivity contribution in [3.8, 4) is 0 Å². The van der Waals surface area contributed by atoms with Gasteiger partial charge in [-0.2, -0.15) is 0 Å². The van der Waals surface area contributed by atoms with Gasteiger partial charge < -0.3 is 10.1 Å². The van der Waals surface area contributed by atoms with Crippen molar-refractivity contribution >= 4 is 54.5 Å². The van der Waals surface area contributed by atoms with Crippen LogP contribution in [0.3, 0.4) is 0 Å². The lowest BCUT2D eigenvalue weighted by Crippen LogP contribution is -2.47. The molecule has 30 heavy (non-hydrogen) atoms. The summed E-state index contributed by atoms with van der Waals surface area (Å²) in [5, 5.41) is 4.82. The topological polar surface area (TPSA) is 50.3 Å². The van der Waals surface area contributed by atoms with E-state index in [1.54, 1.807) is 11.3 Å². The van der Waals surface area contributed by atoms with Crippen LogP contribution in [-0.2, 0) is 4.74 Å². The van der Waals surface area contributed by atoms with Crippen molar-refractivity contribution < 1.29 is 4.74 Å². The van der Waals surface area contributed by atoms with E-state index >= 15 is 0 Å². The maximum atomic E-state index is 5.90. The number of fused-ring (bicyclic) bond motifs is 2. The lowest BCUT2D eigenvalue weighted by Gasteiger charge is -2.37. The predicted octanol–water partition coefficient (Wildman–Crippen LogP) is 5.62. The first-order chi connectivity index (χ1) is 14.8. The first-order valence-corrected chi connectivity index (χ1v) is 12.3. The minimum absolute atomic E-state index is 0.166. The molecular formula is C23H24N4OS2. The highest BCUT2D eigenvalue weighted by Gasteiger charge is 2.51. The number of aromatic nitrogens is 2. The second kappa shape index (κ2) is 7.27. The van der Waals surface area contributed by atoms with Crippen molar-refractivity contribution in [2.75, 3.05) is 31.6 Å². The van der Waals surface area contributed by atoms with E-state index in [9.17, 15) is 0 Å².